The van der Waals surface area contributed by atoms with E-state index in [9.17, 15) is 8.42 Å². The minimum absolute atomic E-state index is 0.155. The van der Waals surface area contributed by atoms with Crippen molar-refractivity contribution in [2.24, 2.45) is 0 Å². The molecule has 5 nitrogen and oxygen atoms in total. The average Bonchev–Trinajstić information content (AvgIpc) is 2.39. The Hall–Kier alpha value is -1.89. The zero-order valence-corrected chi connectivity index (χ0v) is 11.7. The molecule has 19 heavy (non-hydrogen) atoms. The van der Waals surface area contributed by atoms with Crippen LogP contribution in [-0.2, 0) is 10.0 Å². The van der Waals surface area contributed by atoms with Crippen molar-refractivity contribution < 1.29 is 8.42 Å². The van der Waals surface area contributed by atoms with Crippen molar-refractivity contribution in [3.05, 3.63) is 29.3 Å². The Labute approximate surface area is 113 Å². The fourth-order valence-electron chi connectivity index (χ4n) is 1.69. The smallest absolute Gasteiger partial charge is 0.207 e. The van der Waals surface area contributed by atoms with Crippen LogP contribution in [0, 0.1) is 29.6 Å². The molecule has 0 unspecified atom stereocenters. The summed E-state index contributed by atoms with van der Waals surface area (Å²) < 4.78 is 26.0. The fourth-order valence-corrected chi connectivity index (χ4v) is 3.23. The lowest BCUT2D eigenvalue weighted by molar-refractivity contribution is 0.435. The first-order valence-electron chi connectivity index (χ1n) is 5.85. The number of hydrogen-bond acceptors (Lipinski definition) is 4. The van der Waals surface area contributed by atoms with Gasteiger partial charge in [-0.3, -0.25) is 0 Å². The molecule has 0 heterocycles. The summed E-state index contributed by atoms with van der Waals surface area (Å²) in [6.45, 7) is 3.91. The Bertz CT molecular complexity index is 639. The second-order valence-corrected chi connectivity index (χ2v) is 5.93. The van der Waals surface area contributed by atoms with Gasteiger partial charge in [-0.25, -0.2) is 8.42 Å². The lowest BCUT2D eigenvalue weighted by Gasteiger charge is -2.19. The van der Waals surface area contributed by atoms with Crippen LogP contribution in [0.2, 0.25) is 0 Å². The van der Waals surface area contributed by atoms with E-state index in [1.54, 1.807) is 13.8 Å². The number of aryl methyl sites for hydroxylation is 1. The predicted molar refractivity (Wildman–Crippen MR) is 70.6 cm³/mol. The molecule has 1 rings (SSSR count). The van der Waals surface area contributed by atoms with E-state index in [0.717, 1.165) is 0 Å². The molecular formula is C13H15N3O2S. The van der Waals surface area contributed by atoms with Gasteiger partial charge in [-0.15, -0.1) is 0 Å². The van der Waals surface area contributed by atoms with Crippen LogP contribution in [0.1, 0.15) is 24.5 Å². The van der Waals surface area contributed by atoms with E-state index in [2.05, 4.69) is 0 Å². The summed E-state index contributed by atoms with van der Waals surface area (Å²) in [6, 6.07) is 8.35. The normalized spacial score (nSPS) is 11.0. The number of nitriles is 2. The molecule has 100 valence electrons. The largest absolute Gasteiger partial charge is 0.243 e. The Morgan fingerprint density at radius 1 is 1.32 bits per heavy atom. The van der Waals surface area contributed by atoms with Gasteiger partial charge in [0.25, 0.3) is 0 Å². The van der Waals surface area contributed by atoms with Gasteiger partial charge >= 0.3 is 0 Å². The lowest BCUT2D eigenvalue weighted by Crippen LogP contribution is -2.31. The van der Waals surface area contributed by atoms with Gasteiger partial charge in [0.15, 0.2) is 0 Å². The van der Waals surface area contributed by atoms with E-state index in [1.807, 2.05) is 12.1 Å². The molecule has 0 aliphatic heterocycles. The van der Waals surface area contributed by atoms with Crippen LogP contribution in [0.3, 0.4) is 0 Å². The molecule has 0 spiro atoms. The topological polar surface area (TPSA) is 85.0 Å². The molecule has 1 aromatic carbocycles. The SMILES string of the molecule is CCN(CCC#N)S(=O)(=O)c1ccc(C#N)c(C)c1. The third-order valence-electron chi connectivity index (χ3n) is 2.78. The first kappa shape index (κ1) is 15.2. The zero-order chi connectivity index (χ0) is 14.5. The van der Waals surface area contributed by atoms with Gasteiger partial charge in [0.1, 0.15) is 0 Å². The number of nitrogens with zero attached hydrogens (tertiary/aromatic N) is 3. The van der Waals surface area contributed by atoms with Crippen LogP contribution in [0.5, 0.6) is 0 Å². The summed E-state index contributed by atoms with van der Waals surface area (Å²) >= 11 is 0. The standard InChI is InChI=1S/C13H15N3O2S/c1-3-16(8-4-7-14)19(17,18)13-6-5-12(10-15)11(2)9-13/h5-6,9H,3-4,8H2,1-2H3. The van der Waals surface area contributed by atoms with E-state index in [0.29, 0.717) is 17.7 Å². The van der Waals surface area contributed by atoms with Crippen molar-refractivity contribution in [1.82, 2.24) is 4.31 Å². The van der Waals surface area contributed by atoms with Crippen LogP contribution in [-0.4, -0.2) is 25.8 Å². The van der Waals surface area contributed by atoms with E-state index in [-0.39, 0.29) is 17.9 Å². The minimum Gasteiger partial charge on any atom is -0.207 e. The quantitative estimate of drug-likeness (QED) is 0.821. The van der Waals surface area contributed by atoms with Gasteiger partial charge in [-0.2, -0.15) is 14.8 Å². The van der Waals surface area contributed by atoms with Crippen molar-refractivity contribution >= 4 is 10.0 Å². The third-order valence-corrected chi connectivity index (χ3v) is 4.75. The first-order chi connectivity index (χ1) is 8.97. The average molecular weight is 277 g/mol. The van der Waals surface area contributed by atoms with Crippen LogP contribution in [0.15, 0.2) is 23.1 Å². The second-order valence-electron chi connectivity index (χ2n) is 3.99. The third kappa shape index (κ3) is 3.31. The van der Waals surface area contributed by atoms with Crippen LogP contribution >= 0.6 is 0 Å². The Morgan fingerprint density at radius 3 is 2.47 bits per heavy atom. The molecule has 0 saturated carbocycles. The highest BCUT2D eigenvalue weighted by molar-refractivity contribution is 7.89. The van der Waals surface area contributed by atoms with E-state index in [1.165, 1.54) is 22.5 Å². The maximum Gasteiger partial charge on any atom is 0.243 e. The van der Waals surface area contributed by atoms with Crippen LogP contribution in [0.25, 0.3) is 0 Å². The molecule has 0 bridgehead atoms. The van der Waals surface area contributed by atoms with Gasteiger partial charge in [0.05, 0.1) is 22.6 Å². The lowest BCUT2D eigenvalue weighted by atomic mass is 10.1. The number of rotatable bonds is 5. The minimum atomic E-state index is -3.60. The summed E-state index contributed by atoms with van der Waals surface area (Å²) in [5, 5.41) is 17.4. The zero-order valence-electron chi connectivity index (χ0n) is 10.9. The highest BCUT2D eigenvalue weighted by Crippen LogP contribution is 2.19. The van der Waals surface area contributed by atoms with Crippen molar-refractivity contribution in [3.63, 3.8) is 0 Å². The second kappa shape index (κ2) is 6.33. The number of sulfonamides is 1. The van der Waals surface area contributed by atoms with Crippen molar-refractivity contribution in [2.75, 3.05) is 13.1 Å². The molecular weight excluding hydrogens is 262 g/mol. The molecule has 0 aliphatic carbocycles. The molecule has 0 aliphatic rings. The molecule has 0 saturated heterocycles. The van der Waals surface area contributed by atoms with Crippen LogP contribution < -0.4 is 0 Å². The number of benzene rings is 1. The van der Waals surface area contributed by atoms with Gasteiger partial charge in [-0.05, 0) is 30.7 Å². The first-order valence-corrected chi connectivity index (χ1v) is 7.29. The fraction of sp³-hybridized carbons (Fsp3) is 0.385. The molecule has 0 atom stereocenters. The monoisotopic (exact) mass is 277 g/mol. The molecule has 0 aromatic heterocycles. The molecule has 1 aromatic rings. The van der Waals surface area contributed by atoms with Gasteiger partial charge < -0.3 is 0 Å². The Morgan fingerprint density at radius 2 is 2.00 bits per heavy atom. The molecule has 6 heteroatoms. The maximum absolute atomic E-state index is 12.4. The summed E-state index contributed by atoms with van der Waals surface area (Å²) in [4.78, 5) is 0.156. The summed E-state index contributed by atoms with van der Waals surface area (Å²) in [7, 11) is -3.60. The maximum atomic E-state index is 12.4. The number of hydrogen-bond donors (Lipinski definition) is 0. The van der Waals surface area contributed by atoms with Gasteiger partial charge in [0.2, 0.25) is 10.0 Å². The van der Waals surface area contributed by atoms with Gasteiger partial charge in [-0.1, -0.05) is 6.92 Å². The van der Waals surface area contributed by atoms with Crippen molar-refractivity contribution in [1.29, 1.82) is 10.5 Å². The molecule has 0 N–H and O–H groups in total. The molecule has 0 amide bonds. The van der Waals surface area contributed by atoms with Crippen molar-refractivity contribution in [2.45, 2.75) is 25.2 Å². The predicted octanol–water partition coefficient (Wildman–Crippen LogP) is 1.79. The highest BCUT2D eigenvalue weighted by atomic mass is 32.2. The summed E-state index contributed by atoms with van der Waals surface area (Å²) in [5.74, 6) is 0. The molecule has 0 fully saturated rings. The molecule has 0 radical (unpaired) electrons. The Balaban J connectivity index is 3.16. The summed E-state index contributed by atoms with van der Waals surface area (Å²) in [5.41, 5.74) is 1.08. The highest BCUT2D eigenvalue weighted by Gasteiger charge is 2.23. The Kier molecular flexibility index (Phi) is 5.05. The summed E-state index contributed by atoms with van der Waals surface area (Å²) in [6.07, 6.45) is 0.155. The van der Waals surface area contributed by atoms with Crippen LogP contribution in [0.4, 0.5) is 0 Å². The van der Waals surface area contributed by atoms with E-state index >= 15 is 0 Å². The van der Waals surface area contributed by atoms with E-state index in [4.69, 9.17) is 10.5 Å². The van der Waals surface area contributed by atoms with Gasteiger partial charge in [0, 0.05) is 19.5 Å². The van der Waals surface area contributed by atoms with E-state index < -0.39 is 10.0 Å². The van der Waals surface area contributed by atoms with Crippen molar-refractivity contribution in [3.8, 4) is 12.1 Å².